The number of ether oxygens (including phenoxy) is 2. The zero-order chi connectivity index (χ0) is 18.0. The van der Waals surface area contributed by atoms with E-state index < -0.39 is 0 Å². The molecule has 27 heavy (non-hydrogen) atoms. The first-order chi connectivity index (χ1) is 12.7. The van der Waals surface area contributed by atoms with Crippen molar-refractivity contribution in [3.05, 3.63) is 46.2 Å². The first-order valence-electron chi connectivity index (χ1n) is 9.08. The van der Waals surface area contributed by atoms with Crippen LogP contribution in [0, 0.1) is 0 Å². The summed E-state index contributed by atoms with van der Waals surface area (Å²) in [4.78, 5) is 5.77. The van der Waals surface area contributed by atoms with Crippen molar-refractivity contribution in [2.75, 3.05) is 26.9 Å². The molecule has 1 fully saturated rings. The summed E-state index contributed by atoms with van der Waals surface area (Å²) in [7, 11) is 1.82. The van der Waals surface area contributed by atoms with Gasteiger partial charge in [0.05, 0.1) is 0 Å². The van der Waals surface area contributed by atoms with Gasteiger partial charge < -0.3 is 20.1 Å². The maximum atomic E-state index is 5.53. The number of rotatable bonds is 6. The number of aliphatic imine (C=N–C) groups is 1. The molecular weight excluding hydrogens is 473 g/mol. The fraction of sp³-hybridized carbons (Fsp3) is 0.450. The Morgan fingerprint density at radius 2 is 2.04 bits per heavy atom. The number of guanidine groups is 1. The zero-order valence-electron chi connectivity index (χ0n) is 15.7. The smallest absolute Gasteiger partial charge is 0.231 e. The van der Waals surface area contributed by atoms with Crippen LogP contribution in [0.1, 0.15) is 36.1 Å². The van der Waals surface area contributed by atoms with E-state index in [1.54, 1.807) is 11.3 Å². The summed E-state index contributed by atoms with van der Waals surface area (Å²) in [6.45, 7) is 4.31. The summed E-state index contributed by atoms with van der Waals surface area (Å²) in [5.41, 5.74) is 1.49. The van der Waals surface area contributed by atoms with Gasteiger partial charge in [0.2, 0.25) is 6.79 Å². The molecule has 0 radical (unpaired) electrons. The Kier molecular flexibility index (Phi) is 6.52. The number of benzene rings is 1. The molecule has 4 rings (SSSR count). The fourth-order valence-electron chi connectivity index (χ4n) is 3.34. The molecule has 5 nitrogen and oxygen atoms in total. The van der Waals surface area contributed by atoms with E-state index in [0.29, 0.717) is 12.7 Å². The van der Waals surface area contributed by atoms with Gasteiger partial charge >= 0.3 is 0 Å². The first-order valence-corrected chi connectivity index (χ1v) is 9.96. The Hall–Kier alpha value is -1.48. The lowest BCUT2D eigenvalue weighted by Gasteiger charge is -2.20. The lowest BCUT2D eigenvalue weighted by atomic mass is 9.95. The second kappa shape index (κ2) is 8.68. The highest BCUT2D eigenvalue weighted by Gasteiger charge is 2.44. The van der Waals surface area contributed by atoms with E-state index in [-0.39, 0.29) is 29.4 Å². The summed E-state index contributed by atoms with van der Waals surface area (Å²) in [6.07, 6.45) is 2.37. The maximum absolute atomic E-state index is 5.53. The van der Waals surface area contributed by atoms with Crippen molar-refractivity contribution in [3.8, 4) is 11.5 Å². The largest absolute Gasteiger partial charge is 0.454 e. The molecule has 1 unspecified atom stereocenters. The molecule has 0 amide bonds. The SMILES string of the molecule is CN=C(NCC(C)c1cccs1)NCC1(c2ccc3c(c2)OCO3)CC1.I. The minimum atomic E-state index is 0. The van der Waals surface area contributed by atoms with Gasteiger partial charge in [-0.1, -0.05) is 19.1 Å². The molecule has 0 saturated heterocycles. The molecule has 0 spiro atoms. The molecule has 0 bridgehead atoms. The van der Waals surface area contributed by atoms with Crippen molar-refractivity contribution < 1.29 is 9.47 Å². The Morgan fingerprint density at radius 3 is 2.74 bits per heavy atom. The highest BCUT2D eigenvalue weighted by molar-refractivity contribution is 14.0. The van der Waals surface area contributed by atoms with Crippen LogP contribution in [-0.4, -0.2) is 32.9 Å². The normalized spacial score (nSPS) is 17.8. The topological polar surface area (TPSA) is 54.9 Å². The number of thiophene rings is 1. The summed E-state index contributed by atoms with van der Waals surface area (Å²) in [5.74, 6) is 3.04. The predicted octanol–water partition coefficient (Wildman–Crippen LogP) is 4.10. The van der Waals surface area contributed by atoms with Gasteiger partial charge in [0.1, 0.15) is 0 Å². The number of halogens is 1. The Morgan fingerprint density at radius 1 is 1.22 bits per heavy atom. The summed E-state index contributed by atoms with van der Waals surface area (Å²) in [6, 6.07) is 10.6. The van der Waals surface area contributed by atoms with Gasteiger partial charge in [-0.15, -0.1) is 35.3 Å². The van der Waals surface area contributed by atoms with Crippen molar-refractivity contribution in [3.63, 3.8) is 0 Å². The first kappa shape index (κ1) is 20.3. The predicted molar refractivity (Wildman–Crippen MR) is 121 cm³/mol. The van der Waals surface area contributed by atoms with Crippen LogP contribution in [0.3, 0.4) is 0 Å². The van der Waals surface area contributed by atoms with Crippen LogP contribution in [0.5, 0.6) is 11.5 Å². The summed E-state index contributed by atoms with van der Waals surface area (Å²) >= 11 is 1.80. The average molecular weight is 499 g/mol. The average Bonchev–Trinajstić information content (AvgIpc) is 3.08. The van der Waals surface area contributed by atoms with Gasteiger partial charge in [-0.3, -0.25) is 4.99 Å². The molecule has 2 heterocycles. The van der Waals surface area contributed by atoms with E-state index in [1.165, 1.54) is 23.3 Å². The van der Waals surface area contributed by atoms with Gasteiger partial charge in [-0.2, -0.15) is 0 Å². The number of fused-ring (bicyclic) bond motifs is 1. The molecule has 7 heteroatoms. The Labute approximate surface area is 181 Å². The van der Waals surface area contributed by atoms with E-state index in [9.17, 15) is 0 Å². The number of nitrogens with zero attached hydrogens (tertiary/aromatic N) is 1. The maximum Gasteiger partial charge on any atom is 0.231 e. The van der Waals surface area contributed by atoms with Gasteiger partial charge in [0.15, 0.2) is 17.5 Å². The van der Waals surface area contributed by atoms with Crippen LogP contribution >= 0.6 is 35.3 Å². The van der Waals surface area contributed by atoms with E-state index in [4.69, 9.17) is 9.47 Å². The Balaban J connectivity index is 0.00000210. The molecule has 1 aromatic carbocycles. The van der Waals surface area contributed by atoms with Crippen molar-refractivity contribution in [2.24, 2.45) is 4.99 Å². The molecule has 1 saturated carbocycles. The minimum Gasteiger partial charge on any atom is -0.454 e. The monoisotopic (exact) mass is 499 g/mol. The lowest BCUT2D eigenvalue weighted by molar-refractivity contribution is 0.174. The summed E-state index contributed by atoms with van der Waals surface area (Å²) < 4.78 is 11.0. The molecule has 2 N–H and O–H groups in total. The molecule has 1 aliphatic heterocycles. The third-order valence-electron chi connectivity index (χ3n) is 5.26. The second-order valence-corrected chi connectivity index (χ2v) is 8.05. The lowest BCUT2D eigenvalue weighted by Crippen LogP contribution is -2.42. The number of hydrogen-bond donors (Lipinski definition) is 2. The quantitative estimate of drug-likeness (QED) is 0.357. The number of hydrogen-bond acceptors (Lipinski definition) is 4. The van der Waals surface area contributed by atoms with E-state index >= 15 is 0 Å². The van der Waals surface area contributed by atoms with Crippen LogP contribution in [0.4, 0.5) is 0 Å². The molecule has 2 aliphatic rings. The number of nitrogens with one attached hydrogen (secondary N) is 2. The third kappa shape index (κ3) is 4.51. The van der Waals surface area contributed by atoms with Gasteiger partial charge in [0, 0.05) is 36.3 Å². The second-order valence-electron chi connectivity index (χ2n) is 7.07. The van der Waals surface area contributed by atoms with Crippen molar-refractivity contribution in [1.29, 1.82) is 0 Å². The molecule has 1 aliphatic carbocycles. The van der Waals surface area contributed by atoms with Crippen LogP contribution in [-0.2, 0) is 5.41 Å². The van der Waals surface area contributed by atoms with E-state index in [0.717, 1.165) is 30.5 Å². The molecule has 1 aromatic heterocycles. The molecule has 1 atom stereocenters. The molecule has 146 valence electrons. The van der Waals surface area contributed by atoms with Crippen LogP contribution in [0.15, 0.2) is 40.7 Å². The fourth-order valence-corrected chi connectivity index (χ4v) is 4.13. The van der Waals surface area contributed by atoms with Crippen molar-refractivity contribution >= 4 is 41.3 Å². The van der Waals surface area contributed by atoms with Crippen LogP contribution in [0.25, 0.3) is 0 Å². The van der Waals surface area contributed by atoms with Crippen LogP contribution < -0.4 is 20.1 Å². The van der Waals surface area contributed by atoms with Gasteiger partial charge in [-0.25, -0.2) is 0 Å². The highest BCUT2D eigenvalue weighted by atomic mass is 127. The molecule has 2 aromatic rings. The van der Waals surface area contributed by atoms with Crippen LogP contribution in [0.2, 0.25) is 0 Å². The third-order valence-corrected chi connectivity index (χ3v) is 6.36. The Bertz CT molecular complexity index is 791. The van der Waals surface area contributed by atoms with Crippen molar-refractivity contribution in [1.82, 2.24) is 10.6 Å². The van der Waals surface area contributed by atoms with E-state index in [1.807, 2.05) is 13.1 Å². The van der Waals surface area contributed by atoms with Gasteiger partial charge in [-0.05, 0) is 42.0 Å². The minimum absolute atomic E-state index is 0. The highest BCUT2D eigenvalue weighted by Crippen LogP contribution is 2.49. The summed E-state index contributed by atoms with van der Waals surface area (Å²) in [5, 5.41) is 9.09. The standard InChI is InChI=1S/C20H25N3O2S.HI/c1-14(18-4-3-9-26-18)11-22-19(21-2)23-12-20(7-8-20)15-5-6-16-17(10-15)25-13-24-16;/h3-6,9-10,14H,7-8,11-13H2,1-2H3,(H2,21,22,23);1H. The zero-order valence-corrected chi connectivity index (χ0v) is 18.8. The van der Waals surface area contributed by atoms with Crippen molar-refractivity contribution in [2.45, 2.75) is 31.1 Å². The van der Waals surface area contributed by atoms with E-state index in [2.05, 4.69) is 52.2 Å². The van der Waals surface area contributed by atoms with Gasteiger partial charge in [0.25, 0.3) is 0 Å². The molecular formula is C20H26IN3O2S.